The van der Waals surface area contributed by atoms with Gasteiger partial charge < -0.3 is 19.9 Å². The molecule has 5 nitrogen and oxygen atoms in total. The van der Waals surface area contributed by atoms with Crippen molar-refractivity contribution in [2.75, 3.05) is 13.2 Å². The quantitative estimate of drug-likeness (QED) is 0.649. The second-order valence-electron chi connectivity index (χ2n) is 3.86. The van der Waals surface area contributed by atoms with Crippen LogP contribution in [0.25, 0.3) is 0 Å². The SMILES string of the molecule is CC(CCO)CNCc1cc(C(=O)O)co1. The van der Waals surface area contributed by atoms with Crippen molar-refractivity contribution in [2.24, 2.45) is 5.92 Å². The number of nitrogens with one attached hydrogen (secondary N) is 1. The third-order valence-corrected chi connectivity index (χ3v) is 2.31. The standard InChI is InChI=1S/C11H17NO4/c1-8(2-3-13)5-12-6-10-4-9(7-16-10)11(14)15/h4,7-8,12-13H,2-3,5-6H2,1H3,(H,14,15). The summed E-state index contributed by atoms with van der Waals surface area (Å²) in [4.78, 5) is 10.6. The number of aliphatic hydroxyl groups excluding tert-OH is 1. The third-order valence-electron chi connectivity index (χ3n) is 2.31. The largest absolute Gasteiger partial charge is 0.478 e. The van der Waals surface area contributed by atoms with Gasteiger partial charge in [0.1, 0.15) is 12.0 Å². The van der Waals surface area contributed by atoms with Crippen molar-refractivity contribution < 1.29 is 19.4 Å². The van der Waals surface area contributed by atoms with E-state index in [-0.39, 0.29) is 12.2 Å². The van der Waals surface area contributed by atoms with Gasteiger partial charge in [-0.2, -0.15) is 0 Å². The van der Waals surface area contributed by atoms with Gasteiger partial charge in [-0.25, -0.2) is 4.79 Å². The van der Waals surface area contributed by atoms with E-state index >= 15 is 0 Å². The highest BCUT2D eigenvalue weighted by Crippen LogP contribution is 2.07. The van der Waals surface area contributed by atoms with Gasteiger partial charge in [-0.3, -0.25) is 0 Å². The molecule has 0 spiro atoms. The number of carboxylic acid groups (broad SMARTS) is 1. The zero-order chi connectivity index (χ0) is 12.0. The molecule has 1 aromatic rings. The molecule has 1 atom stereocenters. The van der Waals surface area contributed by atoms with Crippen LogP contribution in [0.2, 0.25) is 0 Å². The van der Waals surface area contributed by atoms with Crippen LogP contribution in [0.1, 0.15) is 29.5 Å². The molecule has 0 aliphatic carbocycles. The fourth-order valence-corrected chi connectivity index (χ4v) is 1.35. The van der Waals surface area contributed by atoms with Crippen LogP contribution < -0.4 is 5.32 Å². The van der Waals surface area contributed by atoms with Crippen molar-refractivity contribution in [1.82, 2.24) is 5.32 Å². The number of hydrogen-bond acceptors (Lipinski definition) is 4. The Morgan fingerprint density at radius 2 is 2.38 bits per heavy atom. The van der Waals surface area contributed by atoms with E-state index in [9.17, 15) is 4.79 Å². The van der Waals surface area contributed by atoms with Gasteiger partial charge in [0.25, 0.3) is 0 Å². The molecule has 0 saturated carbocycles. The molecule has 1 rings (SSSR count). The highest BCUT2D eigenvalue weighted by molar-refractivity contribution is 5.87. The van der Waals surface area contributed by atoms with E-state index in [1.54, 1.807) is 0 Å². The van der Waals surface area contributed by atoms with Crippen LogP contribution in [-0.2, 0) is 6.54 Å². The molecule has 0 aliphatic heterocycles. The van der Waals surface area contributed by atoms with E-state index in [1.165, 1.54) is 12.3 Å². The van der Waals surface area contributed by atoms with E-state index in [4.69, 9.17) is 14.6 Å². The monoisotopic (exact) mass is 227 g/mol. The van der Waals surface area contributed by atoms with Crippen molar-refractivity contribution in [2.45, 2.75) is 19.9 Å². The summed E-state index contributed by atoms with van der Waals surface area (Å²) < 4.78 is 5.08. The second-order valence-corrected chi connectivity index (χ2v) is 3.86. The lowest BCUT2D eigenvalue weighted by Gasteiger charge is -2.09. The molecule has 90 valence electrons. The Morgan fingerprint density at radius 1 is 1.62 bits per heavy atom. The molecule has 3 N–H and O–H groups in total. The first-order chi connectivity index (χ1) is 7.63. The molecule has 0 aliphatic rings. The van der Waals surface area contributed by atoms with Crippen molar-refractivity contribution in [3.8, 4) is 0 Å². The number of hydrogen-bond donors (Lipinski definition) is 3. The van der Waals surface area contributed by atoms with Crippen molar-refractivity contribution >= 4 is 5.97 Å². The third kappa shape index (κ3) is 4.04. The predicted octanol–water partition coefficient (Wildman–Crippen LogP) is 1.09. The first kappa shape index (κ1) is 12.7. The summed E-state index contributed by atoms with van der Waals surface area (Å²) in [5, 5.41) is 20.5. The molecular formula is C11H17NO4. The number of carbonyl (C=O) groups is 1. The molecule has 0 aromatic carbocycles. The van der Waals surface area contributed by atoms with Crippen molar-refractivity contribution in [3.63, 3.8) is 0 Å². The minimum Gasteiger partial charge on any atom is -0.478 e. The first-order valence-corrected chi connectivity index (χ1v) is 5.25. The number of rotatable bonds is 7. The van der Waals surface area contributed by atoms with Gasteiger partial charge in [0.2, 0.25) is 0 Å². The maximum atomic E-state index is 10.6. The molecule has 1 heterocycles. The zero-order valence-corrected chi connectivity index (χ0v) is 9.27. The van der Waals surface area contributed by atoms with Crippen molar-refractivity contribution in [1.29, 1.82) is 0 Å². The van der Waals surface area contributed by atoms with Gasteiger partial charge in [-0.05, 0) is 24.9 Å². The average Bonchev–Trinajstić information content (AvgIpc) is 2.67. The van der Waals surface area contributed by atoms with Crippen LogP contribution in [0.3, 0.4) is 0 Å². The number of carboxylic acids is 1. The van der Waals surface area contributed by atoms with Crippen molar-refractivity contribution in [3.05, 3.63) is 23.7 Å². The lowest BCUT2D eigenvalue weighted by molar-refractivity contribution is 0.0696. The smallest absolute Gasteiger partial charge is 0.338 e. The molecule has 1 aromatic heterocycles. The Bertz CT molecular complexity index is 334. The van der Waals surface area contributed by atoms with E-state index in [1.807, 2.05) is 6.92 Å². The van der Waals surface area contributed by atoms with Crippen LogP contribution in [-0.4, -0.2) is 29.3 Å². The Labute approximate surface area is 94.1 Å². The molecule has 0 saturated heterocycles. The number of aromatic carboxylic acids is 1. The van der Waals surface area contributed by atoms with Crippen LogP contribution in [0.5, 0.6) is 0 Å². The summed E-state index contributed by atoms with van der Waals surface area (Å²) in [5.74, 6) is 0.0103. The molecule has 0 fully saturated rings. The molecule has 0 radical (unpaired) electrons. The molecule has 0 bridgehead atoms. The zero-order valence-electron chi connectivity index (χ0n) is 9.27. The van der Waals surface area contributed by atoms with Crippen LogP contribution in [0, 0.1) is 5.92 Å². The summed E-state index contributed by atoms with van der Waals surface area (Å²) in [6, 6.07) is 1.51. The maximum Gasteiger partial charge on any atom is 0.338 e. The highest BCUT2D eigenvalue weighted by atomic mass is 16.4. The number of furan rings is 1. The van der Waals surface area contributed by atoms with Crippen LogP contribution >= 0.6 is 0 Å². The Morgan fingerprint density at radius 3 is 2.94 bits per heavy atom. The minimum atomic E-state index is -0.983. The fraction of sp³-hybridized carbons (Fsp3) is 0.545. The maximum absolute atomic E-state index is 10.6. The summed E-state index contributed by atoms with van der Waals surface area (Å²) in [6.45, 7) is 3.49. The van der Waals surface area contributed by atoms with E-state index in [2.05, 4.69) is 5.32 Å². The molecular weight excluding hydrogens is 210 g/mol. The van der Waals surface area contributed by atoms with Gasteiger partial charge >= 0.3 is 5.97 Å². The predicted molar refractivity (Wildman–Crippen MR) is 58.2 cm³/mol. The molecule has 0 amide bonds. The summed E-state index contributed by atoms with van der Waals surface area (Å²) >= 11 is 0. The molecule has 16 heavy (non-hydrogen) atoms. The summed E-state index contributed by atoms with van der Waals surface area (Å²) in [5.41, 5.74) is 0.167. The van der Waals surface area contributed by atoms with Gasteiger partial charge in [-0.1, -0.05) is 6.92 Å². The fourth-order valence-electron chi connectivity index (χ4n) is 1.35. The minimum absolute atomic E-state index is 0.167. The molecule has 5 heteroatoms. The lowest BCUT2D eigenvalue weighted by atomic mass is 10.1. The van der Waals surface area contributed by atoms with Gasteiger partial charge in [0, 0.05) is 6.61 Å². The van der Waals surface area contributed by atoms with Crippen LogP contribution in [0.15, 0.2) is 16.7 Å². The topological polar surface area (TPSA) is 82.7 Å². The van der Waals surface area contributed by atoms with Gasteiger partial charge in [0.05, 0.1) is 12.1 Å². The summed E-state index contributed by atoms with van der Waals surface area (Å²) in [7, 11) is 0. The number of aliphatic hydroxyl groups is 1. The average molecular weight is 227 g/mol. The Balaban J connectivity index is 2.29. The lowest BCUT2D eigenvalue weighted by Crippen LogP contribution is -2.21. The van der Waals surface area contributed by atoms with Crippen LogP contribution in [0.4, 0.5) is 0 Å². The highest BCUT2D eigenvalue weighted by Gasteiger charge is 2.08. The molecule has 1 unspecified atom stereocenters. The Kier molecular flexibility index (Phi) is 5.01. The van der Waals surface area contributed by atoms with E-state index < -0.39 is 5.97 Å². The normalized spacial score (nSPS) is 12.6. The van der Waals surface area contributed by atoms with Gasteiger partial charge in [0.15, 0.2) is 0 Å². The summed E-state index contributed by atoms with van der Waals surface area (Å²) in [6.07, 6.45) is 1.99. The van der Waals surface area contributed by atoms with E-state index in [0.717, 1.165) is 13.0 Å². The van der Waals surface area contributed by atoms with E-state index in [0.29, 0.717) is 18.2 Å². The van der Waals surface area contributed by atoms with Gasteiger partial charge in [-0.15, -0.1) is 0 Å². The Hall–Kier alpha value is -1.33. The first-order valence-electron chi connectivity index (χ1n) is 5.25. The second kappa shape index (κ2) is 6.30.